The van der Waals surface area contributed by atoms with E-state index in [0.717, 1.165) is 22.7 Å². The lowest BCUT2D eigenvalue weighted by Gasteiger charge is -2.06. The van der Waals surface area contributed by atoms with Gasteiger partial charge in [0.1, 0.15) is 5.56 Å². The van der Waals surface area contributed by atoms with Gasteiger partial charge in [-0.1, -0.05) is 22.0 Å². The third kappa shape index (κ3) is 3.44. The lowest BCUT2D eigenvalue weighted by atomic mass is 10.1. The van der Waals surface area contributed by atoms with Crippen LogP contribution in [0.1, 0.15) is 10.4 Å². The molecule has 0 bridgehead atoms. The number of carbonyl (C=O) groups is 1. The highest BCUT2D eigenvalue weighted by Crippen LogP contribution is 2.26. The summed E-state index contributed by atoms with van der Waals surface area (Å²) in [7, 11) is 0. The van der Waals surface area contributed by atoms with Gasteiger partial charge in [0.15, 0.2) is 0 Å². The normalized spacial score (nSPS) is 10.0. The highest BCUT2D eigenvalue weighted by molar-refractivity contribution is 9.10. The van der Waals surface area contributed by atoms with Crippen molar-refractivity contribution in [3.8, 4) is 0 Å². The first-order valence-electron chi connectivity index (χ1n) is 5.88. The molecule has 0 saturated heterocycles. The molecule has 0 aliphatic carbocycles. The predicted octanol–water partition coefficient (Wildman–Crippen LogP) is 3.52. The van der Waals surface area contributed by atoms with Crippen molar-refractivity contribution in [2.24, 2.45) is 0 Å². The first kappa shape index (κ1) is 15.6. The van der Waals surface area contributed by atoms with Crippen molar-refractivity contribution >= 4 is 38.9 Å². The fraction of sp³-hybridized carbons (Fsp3) is 0. The molecule has 0 spiro atoms. The molecule has 0 heterocycles. The standard InChI is InChI=1S/C13H8BrN3O5/c14-8-2-1-3-9(6-8)15-13(18)11-5-4-10(16(19)20)7-12(11)17(21)22/h1-7H,(H,15,18). The molecule has 0 aliphatic rings. The molecule has 0 fully saturated rings. The number of nitrogens with one attached hydrogen (secondary N) is 1. The number of hydrogen-bond donors (Lipinski definition) is 1. The summed E-state index contributed by atoms with van der Waals surface area (Å²) in [6.07, 6.45) is 0. The summed E-state index contributed by atoms with van der Waals surface area (Å²) in [5.74, 6) is -0.723. The van der Waals surface area contributed by atoms with Crippen LogP contribution in [0.3, 0.4) is 0 Å². The van der Waals surface area contributed by atoms with E-state index in [1.54, 1.807) is 24.3 Å². The number of nitro benzene ring substituents is 2. The number of amides is 1. The highest BCUT2D eigenvalue weighted by Gasteiger charge is 2.24. The van der Waals surface area contributed by atoms with Crippen LogP contribution in [0.15, 0.2) is 46.9 Å². The molecular formula is C13H8BrN3O5. The molecule has 0 aromatic heterocycles. The first-order valence-corrected chi connectivity index (χ1v) is 6.67. The van der Waals surface area contributed by atoms with E-state index < -0.39 is 27.1 Å². The van der Waals surface area contributed by atoms with Crippen molar-refractivity contribution in [1.29, 1.82) is 0 Å². The third-order valence-electron chi connectivity index (χ3n) is 2.72. The minimum Gasteiger partial charge on any atom is -0.322 e. The Morgan fingerprint density at radius 3 is 2.36 bits per heavy atom. The largest absolute Gasteiger partial charge is 0.322 e. The average molecular weight is 366 g/mol. The van der Waals surface area contributed by atoms with Gasteiger partial charge < -0.3 is 5.32 Å². The van der Waals surface area contributed by atoms with E-state index in [4.69, 9.17) is 0 Å². The predicted molar refractivity (Wildman–Crippen MR) is 81.8 cm³/mol. The second-order valence-corrected chi connectivity index (χ2v) is 5.10. The van der Waals surface area contributed by atoms with Gasteiger partial charge in [0, 0.05) is 16.2 Å². The number of rotatable bonds is 4. The highest BCUT2D eigenvalue weighted by atomic mass is 79.9. The van der Waals surface area contributed by atoms with Crippen LogP contribution in [-0.4, -0.2) is 15.8 Å². The van der Waals surface area contributed by atoms with Crippen molar-refractivity contribution in [1.82, 2.24) is 0 Å². The van der Waals surface area contributed by atoms with E-state index in [2.05, 4.69) is 21.2 Å². The van der Waals surface area contributed by atoms with E-state index in [-0.39, 0.29) is 5.56 Å². The van der Waals surface area contributed by atoms with Gasteiger partial charge in [-0.25, -0.2) is 0 Å². The zero-order chi connectivity index (χ0) is 16.3. The molecule has 0 unspecified atom stereocenters. The van der Waals surface area contributed by atoms with Gasteiger partial charge >= 0.3 is 0 Å². The summed E-state index contributed by atoms with van der Waals surface area (Å²) in [6, 6.07) is 9.53. The third-order valence-corrected chi connectivity index (χ3v) is 3.21. The van der Waals surface area contributed by atoms with E-state index >= 15 is 0 Å². The molecule has 2 aromatic rings. The van der Waals surface area contributed by atoms with Gasteiger partial charge in [-0.3, -0.25) is 25.0 Å². The van der Waals surface area contributed by atoms with E-state index in [9.17, 15) is 25.0 Å². The smallest absolute Gasteiger partial charge is 0.289 e. The van der Waals surface area contributed by atoms with Crippen LogP contribution in [0.2, 0.25) is 0 Å². The molecule has 8 nitrogen and oxygen atoms in total. The number of nitrogens with zero attached hydrogens (tertiary/aromatic N) is 2. The van der Waals surface area contributed by atoms with Crippen LogP contribution >= 0.6 is 15.9 Å². The summed E-state index contributed by atoms with van der Waals surface area (Å²) in [6.45, 7) is 0. The van der Waals surface area contributed by atoms with Crippen LogP contribution in [0, 0.1) is 20.2 Å². The first-order chi connectivity index (χ1) is 10.4. The Balaban J connectivity index is 2.36. The molecule has 112 valence electrons. The molecule has 22 heavy (non-hydrogen) atoms. The van der Waals surface area contributed by atoms with Crippen LogP contribution < -0.4 is 5.32 Å². The second kappa shape index (κ2) is 6.31. The molecule has 1 amide bonds. The molecule has 0 radical (unpaired) electrons. The molecular weight excluding hydrogens is 358 g/mol. The van der Waals surface area contributed by atoms with Crippen molar-refractivity contribution in [2.45, 2.75) is 0 Å². The van der Waals surface area contributed by atoms with Crippen LogP contribution in [0.5, 0.6) is 0 Å². The Morgan fingerprint density at radius 1 is 1.05 bits per heavy atom. The Labute approximate surface area is 132 Å². The number of anilines is 1. The van der Waals surface area contributed by atoms with Crippen molar-refractivity contribution in [3.05, 3.63) is 72.7 Å². The van der Waals surface area contributed by atoms with Gasteiger partial charge in [0.25, 0.3) is 17.3 Å². The van der Waals surface area contributed by atoms with E-state index in [1.807, 2.05) is 0 Å². The minimum absolute atomic E-state index is 0.254. The number of benzene rings is 2. The lowest BCUT2D eigenvalue weighted by molar-refractivity contribution is -0.394. The maximum absolute atomic E-state index is 12.1. The SMILES string of the molecule is O=C(Nc1cccc(Br)c1)c1ccc([N+](=O)[O-])cc1[N+](=O)[O-]. The summed E-state index contributed by atoms with van der Waals surface area (Å²) in [4.78, 5) is 32.2. The molecule has 9 heteroatoms. The Bertz CT molecular complexity index is 778. The molecule has 0 aliphatic heterocycles. The minimum atomic E-state index is -0.831. The fourth-order valence-electron chi connectivity index (χ4n) is 1.74. The van der Waals surface area contributed by atoms with Crippen LogP contribution in [0.25, 0.3) is 0 Å². The quantitative estimate of drug-likeness (QED) is 0.657. The number of hydrogen-bond acceptors (Lipinski definition) is 5. The monoisotopic (exact) mass is 365 g/mol. The number of halogens is 1. The van der Waals surface area contributed by atoms with Gasteiger partial charge in [0.05, 0.1) is 15.9 Å². The average Bonchev–Trinajstić information content (AvgIpc) is 2.46. The van der Waals surface area contributed by atoms with E-state index in [0.29, 0.717) is 5.69 Å². The van der Waals surface area contributed by atoms with Gasteiger partial charge in [-0.05, 0) is 24.3 Å². The molecule has 2 aromatic carbocycles. The second-order valence-electron chi connectivity index (χ2n) is 4.18. The zero-order valence-electron chi connectivity index (χ0n) is 10.9. The topological polar surface area (TPSA) is 115 Å². The molecule has 0 saturated carbocycles. The maximum Gasteiger partial charge on any atom is 0.289 e. The molecule has 1 N–H and O–H groups in total. The Hall–Kier alpha value is -2.81. The maximum atomic E-state index is 12.1. The molecule has 0 atom stereocenters. The summed E-state index contributed by atoms with van der Waals surface area (Å²) in [5.41, 5.74) is -0.894. The van der Waals surface area contributed by atoms with Crippen molar-refractivity contribution in [2.75, 3.05) is 5.32 Å². The number of non-ortho nitro benzene ring substituents is 1. The van der Waals surface area contributed by atoms with Crippen molar-refractivity contribution in [3.63, 3.8) is 0 Å². The van der Waals surface area contributed by atoms with E-state index in [1.165, 1.54) is 0 Å². The summed E-state index contributed by atoms with van der Waals surface area (Å²) in [5, 5.41) is 24.2. The zero-order valence-corrected chi connectivity index (χ0v) is 12.4. The number of carbonyl (C=O) groups excluding carboxylic acids is 1. The van der Waals surface area contributed by atoms with Gasteiger partial charge in [0.2, 0.25) is 0 Å². The Kier molecular flexibility index (Phi) is 4.47. The number of nitro groups is 2. The Morgan fingerprint density at radius 2 is 1.77 bits per heavy atom. The fourth-order valence-corrected chi connectivity index (χ4v) is 2.14. The van der Waals surface area contributed by atoms with Crippen LogP contribution in [0.4, 0.5) is 17.1 Å². The lowest BCUT2D eigenvalue weighted by Crippen LogP contribution is -2.14. The summed E-state index contributed by atoms with van der Waals surface area (Å²) < 4.78 is 0.725. The van der Waals surface area contributed by atoms with Crippen LogP contribution in [-0.2, 0) is 0 Å². The summed E-state index contributed by atoms with van der Waals surface area (Å²) >= 11 is 3.24. The van der Waals surface area contributed by atoms with Gasteiger partial charge in [-0.2, -0.15) is 0 Å². The van der Waals surface area contributed by atoms with Gasteiger partial charge in [-0.15, -0.1) is 0 Å². The molecule has 2 rings (SSSR count). The van der Waals surface area contributed by atoms with Crippen molar-refractivity contribution < 1.29 is 14.6 Å².